The Labute approximate surface area is 260 Å². The van der Waals surface area contributed by atoms with Crippen molar-refractivity contribution in [2.24, 2.45) is 0 Å². The normalized spacial score (nSPS) is 16.9. The molecule has 0 fully saturated rings. The van der Waals surface area contributed by atoms with Crippen LogP contribution < -0.4 is 19.8 Å². The highest BCUT2D eigenvalue weighted by Crippen LogP contribution is 2.53. The second-order valence-corrected chi connectivity index (χ2v) is 11.6. The Bertz CT molecular complexity index is 2080. The number of hydrogen-bond acceptors (Lipinski definition) is 6. The zero-order valence-corrected chi connectivity index (χ0v) is 25.5. The molecule has 2 amide bonds. The van der Waals surface area contributed by atoms with Crippen LogP contribution in [-0.4, -0.2) is 37.5 Å². The van der Waals surface area contributed by atoms with Gasteiger partial charge < -0.3 is 23.7 Å². The molecule has 1 atom stereocenters. The Morgan fingerprint density at radius 2 is 1.58 bits per heavy atom. The van der Waals surface area contributed by atoms with Crippen molar-refractivity contribution in [3.63, 3.8) is 0 Å². The first-order chi connectivity index (χ1) is 21.8. The predicted molar refractivity (Wildman–Crippen MR) is 171 cm³/mol. The lowest BCUT2D eigenvalue weighted by atomic mass is 9.83. The molecule has 5 aromatic rings. The third-order valence-electron chi connectivity index (χ3n) is 9.05. The predicted octanol–water partition coefficient (Wildman–Crippen LogP) is 5.92. The van der Waals surface area contributed by atoms with Gasteiger partial charge in [0, 0.05) is 12.1 Å². The zero-order chi connectivity index (χ0) is 31.5. The van der Waals surface area contributed by atoms with E-state index in [1.165, 1.54) is 4.90 Å². The Morgan fingerprint density at radius 3 is 2.36 bits per heavy atom. The molecule has 0 N–H and O–H groups in total. The first-order valence-corrected chi connectivity index (χ1v) is 14.9. The monoisotopic (exact) mass is 600 g/mol. The topological polar surface area (TPSA) is 89.3 Å². The number of amides is 2. The number of carbonyl (C=O) groups excluding carboxylic acids is 2. The van der Waals surface area contributed by atoms with Crippen LogP contribution in [0.4, 0.5) is 5.69 Å². The second kappa shape index (κ2) is 10.7. The molecule has 226 valence electrons. The van der Waals surface area contributed by atoms with Crippen molar-refractivity contribution in [3.05, 3.63) is 134 Å². The average Bonchev–Trinajstić information content (AvgIpc) is 3.44. The zero-order valence-electron chi connectivity index (χ0n) is 25.5. The van der Waals surface area contributed by atoms with Crippen molar-refractivity contribution in [1.29, 1.82) is 0 Å². The third kappa shape index (κ3) is 4.16. The highest BCUT2D eigenvalue weighted by molar-refractivity contribution is 6.17. The van der Waals surface area contributed by atoms with Crippen LogP contribution in [0.1, 0.15) is 43.9 Å². The highest BCUT2D eigenvalue weighted by Gasteiger charge is 2.64. The van der Waals surface area contributed by atoms with E-state index in [9.17, 15) is 9.59 Å². The number of methoxy groups -OCH3 is 2. The van der Waals surface area contributed by atoms with E-state index in [0.29, 0.717) is 40.1 Å². The van der Waals surface area contributed by atoms with Crippen LogP contribution in [0.25, 0.3) is 11.0 Å². The molecule has 2 aliphatic heterocycles. The lowest BCUT2D eigenvalue weighted by Crippen LogP contribution is -2.53. The Morgan fingerprint density at radius 1 is 0.822 bits per heavy atom. The van der Waals surface area contributed by atoms with Gasteiger partial charge in [-0.3, -0.25) is 14.4 Å². The van der Waals surface area contributed by atoms with Crippen LogP contribution in [0.2, 0.25) is 0 Å². The lowest BCUT2D eigenvalue weighted by molar-refractivity contribution is -0.126. The van der Waals surface area contributed by atoms with Crippen molar-refractivity contribution in [3.8, 4) is 11.5 Å². The van der Waals surface area contributed by atoms with Gasteiger partial charge in [0.25, 0.3) is 11.8 Å². The fourth-order valence-corrected chi connectivity index (χ4v) is 6.80. The maximum Gasteiger partial charge on any atom is 0.291 e. The molecule has 2 aliphatic rings. The Balaban J connectivity index is 1.43. The van der Waals surface area contributed by atoms with Crippen molar-refractivity contribution in [1.82, 2.24) is 4.90 Å². The minimum atomic E-state index is -1.69. The third-order valence-corrected chi connectivity index (χ3v) is 9.05. The number of rotatable bonds is 7. The first kappa shape index (κ1) is 28.4. The summed E-state index contributed by atoms with van der Waals surface area (Å²) < 4.78 is 17.1. The summed E-state index contributed by atoms with van der Waals surface area (Å²) in [5.41, 5.74) is 3.32. The summed E-state index contributed by atoms with van der Waals surface area (Å²) in [5.74, 6) is 0.206. The first-order valence-electron chi connectivity index (χ1n) is 14.9. The summed E-state index contributed by atoms with van der Waals surface area (Å²) in [4.78, 5) is 47.2. The molecule has 1 aromatic heterocycles. The number of fused-ring (bicyclic) bond motifs is 5. The number of hydrogen-bond donors (Lipinski definition) is 0. The number of nitrogens with zero attached hydrogens (tertiary/aromatic N) is 2. The number of ether oxygens (including phenoxy) is 2. The van der Waals surface area contributed by atoms with E-state index in [0.717, 1.165) is 22.3 Å². The van der Waals surface area contributed by atoms with Gasteiger partial charge in [0.15, 0.2) is 22.5 Å². The molecule has 3 heterocycles. The van der Waals surface area contributed by atoms with E-state index >= 15 is 4.79 Å². The molecule has 0 radical (unpaired) electrons. The van der Waals surface area contributed by atoms with E-state index in [1.54, 1.807) is 31.3 Å². The summed E-state index contributed by atoms with van der Waals surface area (Å²) in [6.45, 7) is 4.33. The molecule has 0 bridgehead atoms. The average molecular weight is 601 g/mol. The summed E-state index contributed by atoms with van der Waals surface area (Å²) >= 11 is 0. The van der Waals surface area contributed by atoms with E-state index < -0.39 is 11.4 Å². The van der Waals surface area contributed by atoms with E-state index in [2.05, 4.69) is 0 Å². The van der Waals surface area contributed by atoms with Gasteiger partial charge in [0.2, 0.25) is 5.76 Å². The molecule has 45 heavy (non-hydrogen) atoms. The smallest absolute Gasteiger partial charge is 0.291 e. The molecule has 0 aliphatic carbocycles. The fourth-order valence-electron chi connectivity index (χ4n) is 6.80. The van der Waals surface area contributed by atoms with E-state index in [1.807, 2.05) is 86.6 Å². The number of benzene rings is 4. The second-order valence-electron chi connectivity index (χ2n) is 11.6. The largest absolute Gasteiger partial charge is 0.493 e. The van der Waals surface area contributed by atoms with Gasteiger partial charge in [-0.15, -0.1) is 0 Å². The number of para-hydroxylation sites is 1. The number of carbonyl (C=O) groups is 2. The molecule has 0 saturated heterocycles. The fraction of sp³-hybridized carbons (Fsp3) is 0.216. The van der Waals surface area contributed by atoms with Gasteiger partial charge in [-0.25, -0.2) is 0 Å². The minimum absolute atomic E-state index is 0.0719. The SMILES string of the molecule is COc1ccc(CCN2C(=O)c3oc4ccc(C)cc4c(=O)c3C23C(=O)N(Cc2ccccc2C)c2ccccc23)cc1OC. The Hall–Kier alpha value is -5.37. The molecule has 0 saturated carbocycles. The van der Waals surface area contributed by atoms with Crippen LogP contribution in [0.5, 0.6) is 11.5 Å². The molecular weight excluding hydrogens is 568 g/mol. The van der Waals surface area contributed by atoms with Crippen LogP contribution in [0.15, 0.2) is 94.1 Å². The summed E-state index contributed by atoms with van der Waals surface area (Å²) in [7, 11) is 3.14. The van der Waals surface area contributed by atoms with Crippen LogP contribution in [-0.2, 0) is 23.3 Å². The van der Waals surface area contributed by atoms with Crippen molar-refractivity contribution < 1.29 is 23.5 Å². The molecule has 1 unspecified atom stereocenters. The van der Waals surface area contributed by atoms with Gasteiger partial charge >= 0.3 is 0 Å². The van der Waals surface area contributed by atoms with Crippen LogP contribution >= 0.6 is 0 Å². The summed E-state index contributed by atoms with van der Waals surface area (Å²) in [6, 6.07) is 26.2. The van der Waals surface area contributed by atoms with Crippen molar-refractivity contribution >= 4 is 28.5 Å². The maximum atomic E-state index is 15.1. The lowest BCUT2D eigenvalue weighted by Gasteiger charge is -2.34. The van der Waals surface area contributed by atoms with Gasteiger partial charge in [0.1, 0.15) is 5.58 Å². The number of aryl methyl sites for hydroxylation is 2. The van der Waals surface area contributed by atoms with Gasteiger partial charge in [-0.1, -0.05) is 60.2 Å². The minimum Gasteiger partial charge on any atom is -0.493 e. The van der Waals surface area contributed by atoms with Crippen LogP contribution in [0.3, 0.4) is 0 Å². The van der Waals surface area contributed by atoms with Crippen molar-refractivity contribution in [2.45, 2.75) is 32.4 Å². The standard InChI is InChI=1S/C37H32N2O6/c1-22-13-15-29-26(19-22)33(40)32-34(45-29)35(41)39(18-17-24-14-16-30(43-3)31(20-24)44-4)37(32)27-11-7-8-12-28(27)38(36(37)42)21-25-10-6-5-9-23(25)2/h5-16,19-20H,17-18,21H2,1-4H3. The molecule has 1 spiro atoms. The molecule has 8 heteroatoms. The highest BCUT2D eigenvalue weighted by atomic mass is 16.5. The van der Waals surface area contributed by atoms with Gasteiger partial charge in [-0.05, 0) is 67.3 Å². The van der Waals surface area contributed by atoms with Gasteiger partial charge in [0.05, 0.1) is 37.4 Å². The van der Waals surface area contributed by atoms with Crippen LogP contribution in [0, 0.1) is 13.8 Å². The molecule has 8 nitrogen and oxygen atoms in total. The number of anilines is 1. The quantitative estimate of drug-likeness (QED) is 0.231. The van der Waals surface area contributed by atoms with E-state index in [-0.39, 0.29) is 35.7 Å². The maximum absolute atomic E-state index is 15.1. The molecule has 4 aromatic carbocycles. The molecular formula is C37H32N2O6. The summed E-state index contributed by atoms with van der Waals surface area (Å²) in [5, 5.41) is 0.338. The van der Waals surface area contributed by atoms with E-state index in [4.69, 9.17) is 13.9 Å². The summed E-state index contributed by atoms with van der Waals surface area (Å²) in [6.07, 6.45) is 0.391. The van der Waals surface area contributed by atoms with Crippen molar-refractivity contribution in [2.75, 3.05) is 25.7 Å². The van der Waals surface area contributed by atoms with Gasteiger partial charge in [-0.2, -0.15) is 0 Å². The molecule has 7 rings (SSSR count). The Kier molecular flexibility index (Phi) is 6.73.